The maximum atomic E-state index is 15.1. The number of nitrogens with two attached hydrogens (primary N) is 1. The minimum absolute atomic E-state index is 0.0224. The van der Waals surface area contributed by atoms with E-state index in [9.17, 15) is 0 Å². The van der Waals surface area contributed by atoms with Crippen molar-refractivity contribution in [1.29, 1.82) is 0 Å². The molecule has 0 amide bonds. The Morgan fingerprint density at radius 1 is 0.683 bits per heavy atom. The van der Waals surface area contributed by atoms with E-state index in [4.69, 9.17) is 53.3 Å². The van der Waals surface area contributed by atoms with E-state index in [1.807, 2.05) is 31.3 Å². The van der Waals surface area contributed by atoms with Gasteiger partial charge in [0.1, 0.15) is 13.2 Å². The molecule has 63 heavy (non-hydrogen) atoms. The van der Waals surface area contributed by atoms with Crippen LogP contribution in [0.3, 0.4) is 0 Å². The van der Waals surface area contributed by atoms with E-state index in [2.05, 4.69) is 36.7 Å². The van der Waals surface area contributed by atoms with Crippen molar-refractivity contribution in [3.05, 3.63) is 94.6 Å². The number of nitrogen functional groups attached to an aromatic ring is 1. The van der Waals surface area contributed by atoms with Crippen LogP contribution in [0, 0.1) is 19.7 Å². The van der Waals surface area contributed by atoms with Gasteiger partial charge in [-0.05, 0) is 61.7 Å². The first-order valence-electron chi connectivity index (χ1n) is 20.9. The number of aryl methyl sites for hydroxylation is 2. The molecule has 3 aromatic heterocycles. The monoisotopic (exact) mass is 872 g/mol. The lowest BCUT2D eigenvalue weighted by Crippen LogP contribution is -2.35. The van der Waals surface area contributed by atoms with Crippen molar-refractivity contribution >= 4 is 11.6 Å². The third-order valence-corrected chi connectivity index (χ3v) is 10.2. The Morgan fingerprint density at radius 3 is 1.86 bits per heavy atom. The fraction of sp³-hybridized carbons (Fsp3) is 0.467. The van der Waals surface area contributed by atoms with Crippen LogP contribution in [0.4, 0.5) is 16.0 Å². The van der Waals surface area contributed by atoms with E-state index in [-0.39, 0.29) is 36.8 Å². The number of hydrogen-bond donors (Lipinski definition) is 1. The fourth-order valence-corrected chi connectivity index (χ4v) is 6.91. The Kier molecular flexibility index (Phi) is 17.9. The zero-order valence-electron chi connectivity index (χ0n) is 36.6. The smallest absolute Gasteiger partial charge is 0.220 e. The topological polar surface area (TPSA) is 190 Å². The summed E-state index contributed by atoms with van der Waals surface area (Å²) in [4.78, 5) is 28.4. The molecule has 1 atom stereocenters. The molecule has 338 valence electrons. The first-order valence-corrected chi connectivity index (χ1v) is 20.9. The molecule has 0 fully saturated rings. The van der Waals surface area contributed by atoms with Crippen LogP contribution < -0.4 is 29.6 Å². The van der Waals surface area contributed by atoms with Gasteiger partial charge in [0.15, 0.2) is 34.7 Å². The first-order chi connectivity index (χ1) is 30.7. The van der Waals surface area contributed by atoms with E-state index < -0.39 is 0 Å². The lowest BCUT2D eigenvalue weighted by atomic mass is 9.98. The van der Waals surface area contributed by atoms with Gasteiger partial charge in [0.25, 0.3) is 0 Å². The Balaban J connectivity index is 0.772. The van der Waals surface area contributed by atoms with E-state index in [1.165, 1.54) is 0 Å². The van der Waals surface area contributed by atoms with E-state index in [0.717, 1.165) is 33.8 Å². The van der Waals surface area contributed by atoms with Crippen LogP contribution in [0.5, 0.6) is 23.0 Å². The molecular weight excluding hydrogens is 816 g/mol. The van der Waals surface area contributed by atoms with Crippen LogP contribution in [-0.4, -0.2) is 130 Å². The third kappa shape index (κ3) is 13.4. The molecule has 1 aliphatic rings. The van der Waals surface area contributed by atoms with Crippen molar-refractivity contribution in [2.75, 3.05) is 111 Å². The number of rotatable bonds is 26. The van der Waals surface area contributed by atoms with Crippen molar-refractivity contribution in [1.82, 2.24) is 29.9 Å². The number of halogens is 1. The second-order valence-electron chi connectivity index (χ2n) is 14.5. The summed E-state index contributed by atoms with van der Waals surface area (Å²) in [6.07, 6.45) is 8.20. The van der Waals surface area contributed by atoms with Crippen molar-refractivity contribution in [3.8, 4) is 34.6 Å². The molecule has 18 heteroatoms. The number of methoxy groups -OCH3 is 2. The molecule has 0 spiro atoms. The largest absolute Gasteiger partial charge is 0.493 e. The van der Waals surface area contributed by atoms with E-state index in [0.29, 0.717) is 120 Å². The van der Waals surface area contributed by atoms with Crippen LogP contribution in [0.1, 0.15) is 46.6 Å². The first kappa shape index (κ1) is 46.7. The van der Waals surface area contributed by atoms with Gasteiger partial charge in [-0.2, -0.15) is 0 Å². The summed E-state index contributed by atoms with van der Waals surface area (Å²) < 4.78 is 66.1. The third-order valence-electron chi connectivity index (χ3n) is 10.2. The number of fused-ring (bicyclic) bond motifs is 1. The molecule has 5 aromatic rings. The second-order valence-corrected chi connectivity index (χ2v) is 14.5. The number of benzene rings is 2. The van der Waals surface area contributed by atoms with Crippen LogP contribution in [0.25, 0.3) is 11.6 Å². The maximum absolute atomic E-state index is 15.1. The summed E-state index contributed by atoms with van der Waals surface area (Å²) in [5.74, 6) is 2.65. The molecule has 4 heterocycles. The van der Waals surface area contributed by atoms with Crippen LogP contribution in [0.15, 0.2) is 55.1 Å². The molecule has 0 bridgehead atoms. The fourth-order valence-electron chi connectivity index (χ4n) is 6.91. The molecule has 1 aliphatic heterocycles. The SMILES string of the molecule is COc1cc(Cc2cnc(N)nc2C)cc(OC)c1OCCOCCOCCOCCOCCOCCOc1cc(N2CCc3nc(-c4ncccn4)ncc3[C@H]2C)cc(C)c1F. The van der Waals surface area contributed by atoms with Gasteiger partial charge < -0.3 is 53.3 Å². The average molecular weight is 873 g/mol. The predicted molar refractivity (Wildman–Crippen MR) is 232 cm³/mol. The zero-order chi connectivity index (χ0) is 44.4. The molecule has 0 unspecified atom stereocenters. The van der Waals surface area contributed by atoms with Crippen LogP contribution >= 0.6 is 0 Å². The molecule has 6 rings (SSSR count). The molecule has 2 N–H and O–H groups in total. The van der Waals surface area contributed by atoms with E-state index >= 15 is 4.39 Å². The number of anilines is 2. The van der Waals surface area contributed by atoms with Gasteiger partial charge in [0.05, 0.1) is 92.0 Å². The molecule has 0 radical (unpaired) electrons. The van der Waals surface area contributed by atoms with Crippen LogP contribution in [-0.2, 0) is 36.5 Å². The zero-order valence-corrected chi connectivity index (χ0v) is 36.6. The summed E-state index contributed by atoms with van der Waals surface area (Å²) in [5, 5.41) is 0. The highest BCUT2D eigenvalue weighted by atomic mass is 19.1. The maximum Gasteiger partial charge on any atom is 0.220 e. The standard InChI is InChI=1S/C45H57FN8O9/c1-30-23-35(54-10-7-37-36(32(54)3)29-50-44(53-37)43-48-8-6-9-49-43)27-38(41(30)46)62-21-19-60-17-15-58-13-11-57-12-14-59-16-18-61-20-22-63-42-39(55-4)25-33(26-40(42)56-5)24-34-28-51-45(47)52-31(34)2/h6,8-9,23,25-29,32H,7,10-22,24H2,1-5H3,(H2,47,51,52)/t32-/m1/s1. The molecule has 2 aromatic carbocycles. The highest BCUT2D eigenvalue weighted by Gasteiger charge is 2.28. The van der Waals surface area contributed by atoms with Gasteiger partial charge in [-0.3, -0.25) is 0 Å². The summed E-state index contributed by atoms with van der Waals surface area (Å²) in [6, 6.07) is 9.14. The predicted octanol–water partition coefficient (Wildman–Crippen LogP) is 5.33. The molecule has 0 saturated carbocycles. The van der Waals surface area contributed by atoms with Crippen LogP contribution in [0.2, 0.25) is 0 Å². The van der Waals surface area contributed by atoms with Gasteiger partial charge in [-0.1, -0.05) is 0 Å². The van der Waals surface area contributed by atoms with Crippen molar-refractivity contribution in [2.45, 2.75) is 39.7 Å². The summed E-state index contributed by atoms with van der Waals surface area (Å²) in [6.45, 7) is 10.9. The Hall–Kier alpha value is -5.79. The molecule has 0 saturated heterocycles. The molecule has 17 nitrogen and oxygen atoms in total. The number of nitrogens with zero attached hydrogens (tertiary/aromatic N) is 7. The van der Waals surface area contributed by atoms with Crippen molar-refractivity contribution in [3.63, 3.8) is 0 Å². The molecule has 0 aliphatic carbocycles. The van der Waals surface area contributed by atoms with E-state index in [1.54, 1.807) is 51.9 Å². The number of aromatic nitrogens is 6. The van der Waals surface area contributed by atoms with Gasteiger partial charge >= 0.3 is 0 Å². The summed E-state index contributed by atoms with van der Waals surface area (Å²) >= 11 is 0. The highest BCUT2D eigenvalue weighted by molar-refractivity contribution is 5.58. The lowest BCUT2D eigenvalue weighted by Gasteiger charge is -2.36. The summed E-state index contributed by atoms with van der Waals surface area (Å²) in [7, 11) is 3.17. The Labute approximate surface area is 367 Å². The van der Waals surface area contributed by atoms with Crippen molar-refractivity contribution < 1.29 is 47.0 Å². The normalized spacial score (nSPS) is 13.5. The van der Waals surface area contributed by atoms with Gasteiger partial charge in [-0.15, -0.1) is 0 Å². The van der Waals surface area contributed by atoms with Gasteiger partial charge in [0.2, 0.25) is 11.7 Å². The van der Waals surface area contributed by atoms with Gasteiger partial charge in [-0.25, -0.2) is 34.3 Å². The number of ether oxygens (including phenoxy) is 9. The lowest BCUT2D eigenvalue weighted by molar-refractivity contribution is -0.0142. The Bertz CT molecular complexity index is 2180. The summed E-state index contributed by atoms with van der Waals surface area (Å²) in [5.41, 5.74) is 11.8. The second kappa shape index (κ2) is 24.2. The quantitative estimate of drug-likeness (QED) is 0.0701. The minimum atomic E-state index is -0.386. The van der Waals surface area contributed by atoms with Crippen molar-refractivity contribution in [2.24, 2.45) is 0 Å². The van der Waals surface area contributed by atoms with Gasteiger partial charge in [0, 0.05) is 67.2 Å². The number of hydrogen-bond acceptors (Lipinski definition) is 17. The minimum Gasteiger partial charge on any atom is -0.493 e. The Morgan fingerprint density at radius 2 is 1.27 bits per heavy atom. The average Bonchev–Trinajstić information content (AvgIpc) is 3.29. The highest BCUT2D eigenvalue weighted by Crippen LogP contribution is 2.40. The molecular formula is C45H57FN8O9.